The summed E-state index contributed by atoms with van der Waals surface area (Å²) in [4.78, 5) is 27.6. The predicted molar refractivity (Wildman–Crippen MR) is 117 cm³/mol. The van der Waals surface area contributed by atoms with Crippen molar-refractivity contribution < 1.29 is 19.4 Å². The molecule has 3 rings (SSSR count). The third kappa shape index (κ3) is 4.33. The van der Waals surface area contributed by atoms with Gasteiger partial charge in [0.05, 0.1) is 23.4 Å². The van der Waals surface area contributed by atoms with Gasteiger partial charge in [-0.05, 0) is 75.7 Å². The van der Waals surface area contributed by atoms with Crippen molar-refractivity contribution in [2.24, 2.45) is 4.99 Å². The third-order valence-electron chi connectivity index (χ3n) is 4.91. The molecule has 0 atom stereocenters. The molecule has 0 aliphatic carbocycles. The second-order valence-electron chi connectivity index (χ2n) is 6.99. The molecule has 0 aliphatic heterocycles. The Hall–Kier alpha value is -3.67. The third-order valence-corrected chi connectivity index (χ3v) is 4.91. The lowest BCUT2D eigenvalue weighted by molar-refractivity contribution is 0.0526. The van der Waals surface area contributed by atoms with E-state index in [0.29, 0.717) is 17.9 Å². The number of rotatable bonds is 6. The van der Waals surface area contributed by atoms with Crippen LogP contribution < -0.4 is 0 Å². The summed E-state index contributed by atoms with van der Waals surface area (Å²) in [5.41, 5.74) is 6.13. The van der Waals surface area contributed by atoms with Crippen LogP contribution in [0.2, 0.25) is 0 Å². The lowest BCUT2D eigenvalue weighted by Gasteiger charge is -2.10. The molecule has 30 heavy (non-hydrogen) atoms. The van der Waals surface area contributed by atoms with Crippen molar-refractivity contribution in [1.82, 2.24) is 4.57 Å². The van der Waals surface area contributed by atoms with E-state index < -0.39 is 5.97 Å². The normalized spacial score (nSPS) is 11.1. The molecule has 0 bridgehead atoms. The highest BCUT2D eigenvalue weighted by atomic mass is 16.5. The number of benzene rings is 2. The Morgan fingerprint density at radius 2 is 1.70 bits per heavy atom. The first kappa shape index (κ1) is 21.0. The molecule has 1 aromatic heterocycles. The smallest absolute Gasteiger partial charge is 0.338 e. The Morgan fingerprint density at radius 3 is 2.33 bits per heavy atom. The Bertz CT molecular complexity index is 1120. The lowest BCUT2D eigenvalue weighted by Crippen LogP contribution is -2.05. The molecule has 0 unspecified atom stereocenters. The van der Waals surface area contributed by atoms with Gasteiger partial charge in [0.2, 0.25) is 0 Å². The fraction of sp³-hybridized carbons (Fsp3) is 0.208. The average molecular weight is 404 g/mol. The molecule has 6 nitrogen and oxygen atoms in total. The lowest BCUT2D eigenvalue weighted by atomic mass is 10.1. The minimum atomic E-state index is -0.976. The number of aromatic nitrogens is 1. The van der Waals surface area contributed by atoms with Gasteiger partial charge in [0.1, 0.15) is 0 Å². The van der Waals surface area contributed by atoms with Gasteiger partial charge in [-0.15, -0.1) is 0 Å². The number of carboxylic acids is 1. The van der Waals surface area contributed by atoms with Crippen LogP contribution in [0, 0.1) is 20.8 Å². The highest BCUT2D eigenvalue weighted by Gasteiger charge is 2.12. The number of aromatic carboxylic acids is 1. The number of aryl methyl sites for hydroxylation is 2. The van der Waals surface area contributed by atoms with Crippen LogP contribution in [0.4, 0.5) is 5.69 Å². The summed E-state index contributed by atoms with van der Waals surface area (Å²) < 4.78 is 7.11. The molecule has 0 aliphatic rings. The van der Waals surface area contributed by atoms with Crippen LogP contribution in [0.1, 0.15) is 50.2 Å². The van der Waals surface area contributed by atoms with Crippen molar-refractivity contribution in [3.63, 3.8) is 0 Å². The Morgan fingerprint density at radius 1 is 1.03 bits per heavy atom. The van der Waals surface area contributed by atoms with Gasteiger partial charge in [-0.1, -0.05) is 6.07 Å². The van der Waals surface area contributed by atoms with E-state index >= 15 is 0 Å². The predicted octanol–water partition coefficient (Wildman–Crippen LogP) is 5.03. The van der Waals surface area contributed by atoms with E-state index in [2.05, 4.69) is 9.56 Å². The minimum absolute atomic E-state index is 0.208. The molecule has 0 fully saturated rings. The summed E-state index contributed by atoms with van der Waals surface area (Å²) in [5, 5.41) is 9.19. The molecular weight excluding hydrogens is 380 g/mol. The number of hydrogen-bond acceptors (Lipinski definition) is 4. The van der Waals surface area contributed by atoms with Crippen LogP contribution in [-0.2, 0) is 4.74 Å². The first-order valence-corrected chi connectivity index (χ1v) is 9.66. The summed E-state index contributed by atoms with van der Waals surface area (Å²) in [6.07, 6.45) is 1.75. The molecule has 0 saturated heterocycles. The van der Waals surface area contributed by atoms with Gasteiger partial charge in [-0.25, -0.2) is 9.59 Å². The van der Waals surface area contributed by atoms with E-state index in [9.17, 15) is 14.7 Å². The summed E-state index contributed by atoms with van der Waals surface area (Å²) >= 11 is 0. The molecule has 0 radical (unpaired) electrons. The van der Waals surface area contributed by atoms with Gasteiger partial charge in [0.25, 0.3) is 0 Å². The highest BCUT2D eigenvalue weighted by molar-refractivity contribution is 5.91. The van der Waals surface area contributed by atoms with Crippen LogP contribution in [0.5, 0.6) is 0 Å². The van der Waals surface area contributed by atoms with Crippen molar-refractivity contribution >= 4 is 23.8 Å². The van der Waals surface area contributed by atoms with E-state index in [0.717, 1.165) is 28.2 Å². The average Bonchev–Trinajstić information content (AvgIpc) is 3.00. The first-order chi connectivity index (χ1) is 14.3. The quantitative estimate of drug-likeness (QED) is 0.462. The molecule has 0 amide bonds. The van der Waals surface area contributed by atoms with E-state index in [4.69, 9.17) is 4.74 Å². The van der Waals surface area contributed by atoms with Gasteiger partial charge in [-0.2, -0.15) is 0 Å². The number of carboxylic acid groups (broad SMARTS) is 1. The fourth-order valence-corrected chi connectivity index (χ4v) is 3.30. The van der Waals surface area contributed by atoms with Crippen molar-refractivity contribution in [1.29, 1.82) is 0 Å². The molecule has 3 aromatic rings. The number of carbonyl (C=O) groups excluding carboxylic acids is 1. The second kappa shape index (κ2) is 8.78. The molecular formula is C24H24N2O4. The van der Waals surface area contributed by atoms with E-state index in [-0.39, 0.29) is 11.5 Å². The first-order valence-electron chi connectivity index (χ1n) is 9.66. The summed E-state index contributed by atoms with van der Waals surface area (Å²) in [6.45, 7) is 8.01. The molecule has 0 saturated carbocycles. The molecule has 154 valence electrons. The van der Waals surface area contributed by atoms with Crippen molar-refractivity contribution in [2.75, 3.05) is 6.61 Å². The zero-order valence-corrected chi connectivity index (χ0v) is 17.5. The maximum Gasteiger partial charge on any atom is 0.338 e. The number of nitrogens with zero attached hydrogens (tertiary/aromatic N) is 2. The fourth-order valence-electron chi connectivity index (χ4n) is 3.30. The Balaban J connectivity index is 1.91. The largest absolute Gasteiger partial charge is 0.478 e. The highest BCUT2D eigenvalue weighted by Crippen LogP contribution is 2.23. The van der Waals surface area contributed by atoms with Gasteiger partial charge in [-0.3, -0.25) is 4.99 Å². The summed E-state index contributed by atoms with van der Waals surface area (Å²) in [6, 6.07) is 14.2. The van der Waals surface area contributed by atoms with Gasteiger partial charge >= 0.3 is 11.9 Å². The van der Waals surface area contributed by atoms with Crippen LogP contribution in [-0.4, -0.2) is 34.4 Å². The summed E-state index contributed by atoms with van der Waals surface area (Å²) in [5.74, 6) is -1.31. The van der Waals surface area contributed by atoms with Gasteiger partial charge in [0, 0.05) is 28.9 Å². The number of esters is 1. The van der Waals surface area contributed by atoms with Crippen molar-refractivity contribution in [2.45, 2.75) is 27.7 Å². The molecule has 2 aromatic carbocycles. The molecule has 1 N–H and O–H groups in total. The molecule has 0 spiro atoms. The Kier molecular flexibility index (Phi) is 6.16. The SMILES string of the molecule is CCOC(=O)c1ccc(-n2c(C)cc(C=Nc3cc(C(=O)O)ccc3C)c2C)cc1. The zero-order chi connectivity index (χ0) is 21.8. The van der Waals surface area contributed by atoms with Crippen molar-refractivity contribution in [3.8, 4) is 5.69 Å². The van der Waals surface area contributed by atoms with Crippen LogP contribution in [0.3, 0.4) is 0 Å². The van der Waals surface area contributed by atoms with Gasteiger partial charge in [0.15, 0.2) is 0 Å². The van der Waals surface area contributed by atoms with Crippen LogP contribution >= 0.6 is 0 Å². The van der Waals surface area contributed by atoms with E-state index in [1.165, 1.54) is 0 Å². The second-order valence-corrected chi connectivity index (χ2v) is 6.99. The standard InChI is InChI=1S/C24H24N2O4/c1-5-30-24(29)18-8-10-21(11-9-18)26-16(3)12-20(17(26)4)14-25-22-13-19(23(27)28)7-6-15(22)2/h6-14H,5H2,1-4H3,(H,27,28). The number of hydrogen-bond donors (Lipinski definition) is 1. The number of carbonyl (C=O) groups is 2. The van der Waals surface area contributed by atoms with Gasteiger partial charge < -0.3 is 14.4 Å². The van der Waals surface area contributed by atoms with E-state index in [1.54, 1.807) is 43.5 Å². The maximum absolute atomic E-state index is 11.9. The molecule has 6 heteroatoms. The van der Waals surface area contributed by atoms with Crippen molar-refractivity contribution in [3.05, 3.63) is 82.2 Å². The number of ether oxygens (including phenoxy) is 1. The summed E-state index contributed by atoms with van der Waals surface area (Å²) in [7, 11) is 0. The topological polar surface area (TPSA) is 80.9 Å². The maximum atomic E-state index is 11.9. The Labute approximate surface area is 175 Å². The van der Waals surface area contributed by atoms with Crippen LogP contribution in [0.15, 0.2) is 53.5 Å². The minimum Gasteiger partial charge on any atom is -0.478 e. The number of aliphatic imine (C=N–C) groups is 1. The molecule has 1 heterocycles. The zero-order valence-electron chi connectivity index (χ0n) is 17.5. The van der Waals surface area contributed by atoms with Crippen LogP contribution in [0.25, 0.3) is 5.69 Å². The van der Waals surface area contributed by atoms with E-state index in [1.807, 2.05) is 39.0 Å². The monoisotopic (exact) mass is 404 g/mol.